The van der Waals surface area contributed by atoms with Crippen LogP contribution >= 0.6 is 0 Å². The summed E-state index contributed by atoms with van der Waals surface area (Å²) < 4.78 is 10.8. The Morgan fingerprint density at radius 1 is 0.968 bits per heavy atom. The molecule has 166 valence electrons. The molecule has 31 heavy (non-hydrogen) atoms. The van der Waals surface area contributed by atoms with Crippen molar-refractivity contribution in [1.29, 1.82) is 0 Å². The third-order valence-corrected chi connectivity index (χ3v) is 4.62. The Balaban J connectivity index is 2.03. The summed E-state index contributed by atoms with van der Waals surface area (Å²) in [6, 6.07) is 13.2. The molecule has 0 aliphatic heterocycles. The van der Waals surface area contributed by atoms with Gasteiger partial charge in [-0.2, -0.15) is 0 Å². The number of esters is 1. The van der Waals surface area contributed by atoms with Gasteiger partial charge in [0.05, 0.1) is 12.2 Å². The minimum atomic E-state index is -1.03. The van der Waals surface area contributed by atoms with Gasteiger partial charge in [0, 0.05) is 5.69 Å². The van der Waals surface area contributed by atoms with E-state index in [1.54, 1.807) is 50.2 Å². The fraction of sp³-hybridized carbons (Fsp3) is 0.375. The molecule has 2 amide bonds. The Morgan fingerprint density at radius 3 is 2.23 bits per heavy atom. The first kappa shape index (κ1) is 23.9. The van der Waals surface area contributed by atoms with Gasteiger partial charge in [0.25, 0.3) is 11.8 Å². The SMILES string of the molecule is CCOc1ccccc1C(=O)N[C@H](C(=O)O[C@@H](C)C(=O)Nc1ccc(C)cc1)C(C)C. The van der Waals surface area contributed by atoms with Gasteiger partial charge in [-0.25, -0.2) is 4.79 Å². The summed E-state index contributed by atoms with van der Waals surface area (Å²) in [5, 5.41) is 5.42. The van der Waals surface area contributed by atoms with Crippen molar-refractivity contribution >= 4 is 23.5 Å². The normalized spacial score (nSPS) is 12.6. The van der Waals surface area contributed by atoms with Gasteiger partial charge < -0.3 is 20.1 Å². The molecule has 0 spiro atoms. The number of para-hydroxylation sites is 1. The number of carbonyl (C=O) groups excluding carboxylic acids is 3. The van der Waals surface area contributed by atoms with E-state index in [0.717, 1.165) is 5.56 Å². The van der Waals surface area contributed by atoms with Crippen molar-refractivity contribution in [3.8, 4) is 5.75 Å². The van der Waals surface area contributed by atoms with Crippen LogP contribution < -0.4 is 15.4 Å². The quantitative estimate of drug-likeness (QED) is 0.596. The minimum Gasteiger partial charge on any atom is -0.493 e. The first-order chi connectivity index (χ1) is 14.7. The van der Waals surface area contributed by atoms with Crippen LogP contribution in [0.4, 0.5) is 5.69 Å². The molecule has 7 heteroatoms. The fourth-order valence-electron chi connectivity index (χ4n) is 2.83. The predicted molar refractivity (Wildman–Crippen MR) is 119 cm³/mol. The van der Waals surface area contributed by atoms with Crippen LogP contribution in [0.3, 0.4) is 0 Å². The second-order valence-corrected chi connectivity index (χ2v) is 7.56. The van der Waals surface area contributed by atoms with E-state index >= 15 is 0 Å². The molecule has 2 atom stereocenters. The molecule has 2 aromatic carbocycles. The molecule has 0 bridgehead atoms. The van der Waals surface area contributed by atoms with Crippen molar-refractivity contribution in [3.05, 3.63) is 59.7 Å². The third kappa shape index (κ3) is 6.84. The maximum atomic E-state index is 12.8. The van der Waals surface area contributed by atoms with Crippen LogP contribution in [0, 0.1) is 12.8 Å². The minimum absolute atomic E-state index is 0.247. The number of hydrogen-bond donors (Lipinski definition) is 2. The largest absolute Gasteiger partial charge is 0.493 e. The lowest BCUT2D eigenvalue weighted by molar-refractivity contribution is -0.156. The first-order valence-electron chi connectivity index (χ1n) is 10.3. The van der Waals surface area contributed by atoms with Crippen LogP contribution in [-0.2, 0) is 14.3 Å². The maximum Gasteiger partial charge on any atom is 0.329 e. The average molecular weight is 427 g/mol. The number of anilines is 1. The zero-order valence-electron chi connectivity index (χ0n) is 18.6. The summed E-state index contributed by atoms with van der Waals surface area (Å²) in [4.78, 5) is 37.9. The van der Waals surface area contributed by atoms with Crippen molar-refractivity contribution in [2.75, 3.05) is 11.9 Å². The van der Waals surface area contributed by atoms with E-state index in [2.05, 4.69) is 10.6 Å². The Hall–Kier alpha value is -3.35. The Kier molecular flexibility index (Phi) is 8.61. The summed E-state index contributed by atoms with van der Waals surface area (Å²) in [7, 11) is 0. The predicted octanol–water partition coefficient (Wildman–Crippen LogP) is 3.72. The van der Waals surface area contributed by atoms with Gasteiger partial charge in [0.1, 0.15) is 11.8 Å². The lowest BCUT2D eigenvalue weighted by Gasteiger charge is -2.23. The number of nitrogens with one attached hydrogen (secondary N) is 2. The zero-order chi connectivity index (χ0) is 23.0. The van der Waals surface area contributed by atoms with Crippen molar-refractivity contribution in [2.24, 2.45) is 5.92 Å². The van der Waals surface area contributed by atoms with Gasteiger partial charge >= 0.3 is 5.97 Å². The van der Waals surface area contributed by atoms with E-state index in [0.29, 0.717) is 23.6 Å². The lowest BCUT2D eigenvalue weighted by atomic mass is 10.0. The molecule has 0 radical (unpaired) electrons. The number of benzene rings is 2. The molecule has 0 unspecified atom stereocenters. The summed E-state index contributed by atoms with van der Waals surface area (Å²) >= 11 is 0. The molecule has 0 fully saturated rings. The molecular formula is C24H30N2O5. The van der Waals surface area contributed by atoms with Crippen molar-refractivity contribution in [2.45, 2.75) is 46.8 Å². The van der Waals surface area contributed by atoms with Crippen LogP contribution in [0.2, 0.25) is 0 Å². The van der Waals surface area contributed by atoms with E-state index in [-0.39, 0.29) is 5.92 Å². The second-order valence-electron chi connectivity index (χ2n) is 7.56. The molecule has 0 saturated heterocycles. The number of hydrogen-bond acceptors (Lipinski definition) is 5. The molecule has 0 saturated carbocycles. The Morgan fingerprint density at radius 2 is 1.61 bits per heavy atom. The summed E-state index contributed by atoms with van der Waals surface area (Å²) in [6.07, 6.45) is -1.03. The Bertz CT molecular complexity index is 908. The van der Waals surface area contributed by atoms with Crippen LogP contribution in [0.5, 0.6) is 5.75 Å². The number of carbonyl (C=O) groups is 3. The maximum absolute atomic E-state index is 12.8. The zero-order valence-corrected chi connectivity index (χ0v) is 18.6. The van der Waals surface area contributed by atoms with Gasteiger partial charge in [-0.3, -0.25) is 9.59 Å². The smallest absolute Gasteiger partial charge is 0.329 e. The highest BCUT2D eigenvalue weighted by Gasteiger charge is 2.30. The fourth-order valence-corrected chi connectivity index (χ4v) is 2.83. The van der Waals surface area contributed by atoms with E-state index in [9.17, 15) is 14.4 Å². The Labute approximate surface area is 183 Å². The monoisotopic (exact) mass is 426 g/mol. The van der Waals surface area contributed by atoms with Gasteiger partial charge in [-0.1, -0.05) is 43.7 Å². The van der Waals surface area contributed by atoms with Crippen molar-refractivity contribution < 1.29 is 23.9 Å². The first-order valence-corrected chi connectivity index (χ1v) is 10.3. The molecule has 0 aromatic heterocycles. The van der Waals surface area contributed by atoms with Gasteiger partial charge in [-0.05, 0) is 51.0 Å². The summed E-state index contributed by atoms with van der Waals surface area (Å²) in [6.45, 7) is 9.25. The van der Waals surface area contributed by atoms with Gasteiger partial charge in [0.15, 0.2) is 6.10 Å². The summed E-state index contributed by atoms with van der Waals surface area (Å²) in [5.74, 6) is -1.39. The third-order valence-electron chi connectivity index (χ3n) is 4.62. The van der Waals surface area contributed by atoms with Crippen LogP contribution in [-0.4, -0.2) is 36.5 Å². The van der Waals surface area contributed by atoms with E-state index in [1.165, 1.54) is 6.92 Å². The number of ether oxygens (including phenoxy) is 2. The summed E-state index contributed by atoms with van der Waals surface area (Å²) in [5.41, 5.74) is 2.01. The van der Waals surface area contributed by atoms with Gasteiger partial charge in [-0.15, -0.1) is 0 Å². The standard InChI is InChI=1S/C24H30N2O5/c1-6-30-20-10-8-7-9-19(20)23(28)26-21(15(2)3)24(29)31-17(5)22(27)25-18-13-11-16(4)12-14-18/h7-15,17,21H,6H2,1-5H3,(H,25,27)(H,26,28)/t17-,21-/m0/s1. The van der Waals surface area contributed by atoms with E-state index in [4.69, 9.17) is 9.47 Å². The van der Waals surface area contributed by atoms with E-state index < -0.39 is 29.9 Å². The van der Waals surface area contributed by atoms with E-state index in [1.807, 2.05) is 26.0 Å². The average Bonchev–Trinajstić information content (AvgIpc) is 2.73. The highest BCUT2D eigenvalue weighted by atomic mass is 16.5. The second kappa shape index (κ2) is 11.2. The highest BCUT2D eigenvalue weighted by molar-refractivity contribution is 6.00. The van der Waals surface area contributed by atoms with Crippen molar-refractivity contribution in [3.63, 3.8) is 0 Å². The van der Waals surface area contributed by atoms with Crippen LogP contribution in [0.1, 0.15) is 43.6 Å². The van der Waals surface area contributed by atoms with Crippen molar-refractivity contribution in [1.82, 2.24) is 5.32 Å². The highest BCUT2D eigenvalue weighted by Crippen LogP contribution is 2.19. The van der Waals surface area contributed by atoms with Gasteiger partial charge in [0.2, 0.25) is 0 Å². The number of amides is 2. The molecule has 0 aliphatic rings. The molecule has 2 aromatic rings. The van der Waals surface area contributed by atoms with Crippen LogP contribution in [0.25, 0.3) is 0 Å². The topological polar surface area (TPSA) is 93.7 Å². The molecule has 0 heterocycles. The molecule has 2 rings (SSSR count). The molecule has 7 nitrogen and oxygen atoms in total. The molecule has 2 N–H and O–H groups in total. The molecular weight excluding hydrogens is 396 g/mol. The number of aryl methyl sites for hydroxylation is 1. The van der Waals surface area contributed by atoms with Crippen LogP contribution in [0.15, 0.2) is 48.5 Å². The number of rotatable bonds is 9. The lowest BCUT2D eigenvalue weighted by Crippen LogP contribution is -2.47. The molecule has 0 aliphatic carbocycles.